The molecular formula is C37H37N3O8. The molecule has 4 rings (SSSR count). The second kappa shape index (κ2) is 18.7. The molecule has 0 aliphatic carbocycles. The maximum atomic E-state index is 12.5. The van der Waals surface area contributed by atoms with Gasteiger partial charge in [-0.25, -0.2) is 9.59 Å². The van der Waals surface area contributed by atoms with Crippen molar-refractivity contribution in [2.45, 2.75) is 19.4 Å². The van der Waals surface area contributed by atoms with Crippen molar-refractivity contribution < 1.29 is 39.2 Å². The van der Waals surface area contributed by atoms with E-state index >= 15 is 0 Å². The van der Waals surface area contributed by atoms with Crippen LogP contribution in [0.15, 0.2) is 107 Å². The van der Waals surface area contributed by atoms with Gasteiger partial charge < -0.3 is 20.1 Å². The van der Waals surface area contributed by atoms with Gasteiger partial charge in [-0.1, -0.05) is 54.6 Å². The number of hydrogen-bond donors (Lipinski definition) is 3. The summed E-state index contributed by atoms with van der Waals surface area (Å²) in [5.41, 5.74) is 2.37. The molecule has 48 heavy (non-hydrogen) atoms. The number of aliphatic hydroxyl groups is 3. The van der Waals surface area contributed by atoms with E-state index in [2.05, 4.69) is 9.98 Å². The second-order valence-electron chi connectivity index (χ2n) is 11.0. The normalized spacial score (nSPS) is 10.6. The zero-order chi connectivity index (χ0) is 34.9. The summed E-state index contributed by atoms with van der Waals surface area (Å²) >= 11 is 0. The van der Waals surface area contributed by atoms with Crippen molar-refractivity contribution in [3.8, 4) is 16.9 Å². The van der Waals surface area contributed by atoms with E-state index in [-0.39, 0.29) is 24.8 Å². The third-order valence-corrected chi connectivity index (χ3v) is 6.95. The van der Waals surface area contributed by atoms with Gasteiger partial charge in [-0.2, -0.15) is 9.98 Å². The number of rotatable bonds is 15. The average molecular weight is 652 g/mol. The van der Waals surface area contributed by atoms with Crippen LogP contribution < -0.4 is 4.74 Å². The molecule has 0 amide bonds. The van der Waals surface area contributed by atoms with E-state index in [1.807, 2.05) is 23.1 Å². The Morgan fingerprint density at radius 2 is 1.23 bits per heavy atom. The van der Waals surface area contributed by atoms with Crippen molar-refractivity contribution >= 4 is 35.1 Å². The molecule has 0 atom stereocenters. The average Bonchev–Trinajstić information content (AvgIpc) is 3.09. The fourth-order valence-electron chi connectivity index (χ4n) is 4.53. The summed E-state index contributed by atoms with van der Waals surface area (Å²) in [5.74, 6) is 0.221. The van der Waals surface area contributed by atoms with E-state index in [0.29, 0.717) is 65.6 Å². The molecule has 0 aliphatic rings. The topological polar surface area (TPSA) is 166 Å². The lowest BCUT2D eigenvalue weighted by molar-refractivity contribution is 0.0488. The van der Waals surface area contributed by atoms with Crippen LogP contribution in [-0.4, -0.2) is 89.0 Å². The fraction of sp³-hybridized carbons (Fsp3) is 0.243. The first-order chi connectivity index (χ1) is 23.1. The number of ether oxygens (including phenoxy) is 1. The summed E-state index contributed by atoms with van der Waals surface area (Å²) in [4.78, 5) is 54.4. The zero-order valence-corrected chi connectivity index (χ0v) is 26.7. The number of aliphatic hydroxyl groups excluding tert-OH is 2. The third kappa shape index (κ3) is 11.5. The molecule has 0 saturated heterocycles. The SMILES string of the molecule is CC(C)(O)C(=O)c1ccc(OCCN(CCO)CCO)cc1.O=C=Nc1cc(N=C=O)cc(-c2ccc(C(=O)c3ccccc3)cc2)c1. The Kier molecular flexibility index (Phi) is 14.4. The van der Waals surface area contributed by atoms with Gasteiger partial charge in [0.25, 0.3) is 0 Å². The van der Waals surface area contributed by atoms with Gasteiger partial charge in [-0.3, -0.25) is 14.5 Å². The molecule has 0 spiro atoms. The highest BCUT2D eigenvalue weighted by molar-refractivity contribution is 6.09. The number of benzene rings is 4. The number of hydrogen-bond acceptors (Lipinski definition) is 11. The van der Waals surface area contributed by atoms with Gasteiger partial charge in [0.1, 0.15) is 18.0 Å². The molecule has 248 valence electrons. The lowest BCUT2D eigenvalue weighted by Gasteiger charge is -2.20. The third-order valence-electron chi connectivity index (χ3n) is 6.95. The van der Waals surface area contributed by atoms with Crippen LogP contribution in [0.4, 0.5) is 11.4 Å². The summed E-state index contributed by atoms with van der Waals surface area (Å²) in [6, 6.07) is 27.5. The van der Waals surface area contributed by atoms with Gasteiger partial charge in [0.05, 0.1) is 24.6 Å². The van der Waals surface area contributed by atoms with E-state index in [1.165, 1.54) is 32.1 Å². The predicted octanol–water partition coefficient (Wildman–Crippen LogP) is 4.82. The van der Waals surface area contributed by atoms with Crippen LogP contribution in [0.3, 0.4) is 0 Å². The van der Waals surface area contributed by atoms with Gasteiger partial charge in [0.15, 0.2) is 11.6 Å². The first kappa shape index (κ1) is 37.1. The van der Waals surface area contributed by atoms with E-state index in [9.17, 15) is 24.3 Å². The van der Waals surface area contributed by atoms with Gasteiger partial charge in [0.2, 0.25) is 12.2 Å². The Labute approximate surface area is 278 Å². The lowest BCUT2D eigenvalue weighted by atomic mass is 9.97. The Morgan fingerprint density at radius 1 is 0.708 bits per heavy atom. The highest BCUT2D eigenvalue weighted by atomic mass is 16.5. The molecule has 4 aromatic carbocycles. The highest BCUT2D eigenvalue weighted by Gasteiger charge is 2.25. The van der Waals surface area contributed by atoms with Crippen molar-refractivity contribution in [2.75, 3.05) is 39.5 Å². The number of nitrogens with zero attached hydrogens (tertiary/aromatic N) is 3. The van der Waals surface area contributed by atoms with Crippen LogP contribution in [0.2, 0.25) is 0 Å². The molecule has 4 aromatic rings. The Balaban J connectivity index is 0.000000265. The first-order valence-electron chi connectivity index (χ1n) is 15.0. The van der Waals surface area contributed by atoms with Crippen molar-refractivity contribution in [3.05, 3.63) is 114 Å². The molecule has 0 heterocycles. The smallest absolute Gasteiger partial charge is 0.240 e. The van der Waals surface area contributed by atoms with Crippen LogP contribution in [-0.2, 0) is 9.59 Å². The van der Waals surface area contributed by atoms with E-state index in [1.54, 1.807) is 72.8 Å². The summed E-state index contributed by atoms with van der Waals surface area (Å²) in [6.07, 6.45) is 2.93. The zero-order valence-electron chi connectivity index (χ0n) is 26.7. The quantitative estimate of drug-likeness (QED) is 0.0928. The molecule has 11 nitrogen and oxygen atoms in total. The Hall–Kier alpha value is -5.38. The molecule has 0 radical (unpaired) electrons. The molecule has 0 bridgehead atoms. The molecule has 3 N–H and O–H groups in total. The van der Waals surface area contributed by atoms with Crippen molar-refractivity contribution in [3.63, 3.8) is 0 Å². The maximum Gasteiger partial charge on any atom is 0.240 e. The molecular weight excluding hydrogens is 614 g/mol. The fourth-order valence-corrected chi connectivity index (χ4v) is 4.53. The number of aliphatic imine (C=N–C) groups is 2. The Morgan fingerprint density at radius 3 is 1.73 bits per heavy atom. The first-order valence-corrected chi connectivity index (χ1v) is 15.0. The van der Waals surface area contributed by atoms with Crippen molar-refractivity contribution in [2.24, 2.45) is 9.98 Å². The summed E-state index contributed by atoms with van der Waals surface area (Å²) in [7, 11) is 0. The Bertz CT molecular complexity index is 1700. The summed E-state index contributed by atoms with van der Waals surface area (Å²) < 4.78 is 5.57. The maximum absolute atomic E-state index is 12.5. The molecule has 0 aromatic heterocycles. The number of carbonyl (C=O) groups is 2. The number of Topliss-reactive ketones (excluding diaryl/α,β-unsaturated/α-hetero) is 1. The van der Waals surface area contributed by atoms with Gasteiger partial charge in [-0.05, 0) is 67.4 Å². The standard InChI is InChI=1S/C21H12N2O3.C16H25NO5/c24-13-22-19-10-18(11-20(12-19)23-14-25)15-6-8-17(9-7-15)21(26)16-4-2-1-3-5-16;1-16(2,21)15(20)13-3-5-14(6-4-13)22-12-9-17(7-10-18)8-11-19/h1-12H;3-6,18-19,21H,7-12H2,1-2H3. The van der Waals surface area contributed by atoms with Crippen LogP contribution in [0.25, 0.3) is 11.1 Å². The minimum Gasteiger partial charge on any atom is -0.492 e. The molecule has 0 fully saturated rings. The van der Waals surface area contributed by atoms with Crippen LogP contribution in [0, 0.1) is 0 Å². The van der Waals surface area contributed by atoms with Gasteiger partial charge in [-0.15, -0.1) is 0 Å². The predicted molar refractivity (Wildman–Crippen MR) is 180 cm³/mol. The van der Waals surface area contributed by atoms with Crippen LogP contribution in [0.5, 0.6) is 5.75 Å². The number of ketones is 2. The van der Waals surface area contributed by atoms with Crippen LogP contribution in [0.1, 0.15) is 40.1 Å². The minimum absolute atomic E-state index is 0.0355. The molecule has 0 aliphatic heterocycles. The largest absolute Gasteiger partial charge is 0.492 e. The molecule has 0 saturated carbocycles. The second-order valence-corrected chi connectivity index (χ2v) is 11.0. The number of isocyanates is 2. The van der Waals surface area contributed by atoms with Gasteiger partial charge >= 0.3 is 0 Å². The molecule has 11 heteroatoms. The van der Waals surface area contributed by atoms with Crippen molar-refractivity contribution in [1.82, 2.24) is 4.90 Å². The minimum atomic E-state index is -1.39. The summed E-state index contributed by atoms with van der Waals surface area (Å²) in [5, 5.41) is 27.5. The monoisotopic (exact) mass is 651 g/mol. The van der Waals surface area contributed by atoms with Crippen molar-refractivity contribution in [1.29, 1.82) is 0 Å². The van der Waals surface area contributed by atoms with E-state index in [0.717, 1.165) is 5.56 Å². The number of carbonyl (C=O) groups excluding carboxylic acids is 4. The van der Waals surface area contributed by atoms with E-state index < -0.39 is 5.60 Å². The van der Waals surface area contributed by atoms with E-state index in [4.69, 9.17) is 14.9 Å². The molecule has 0 unspecified atom stereocenters. The van der Waals surface area contributed by atoms with Gasteiger partial charge in [0, 0.05) is 36.3 Å². The van der Waals surface area contributed by atoms with Crippen LogP contribution >= 0.6 is 0 Å². The lowest BCUT2D eigenvalue weighted by Crippen LogP contribution is -2.33. The summed E-state index contributed by atoms with van der Waals surface area (Å²) in [6.45, 7) is 4.96. The highest BCUT2D eigenvalue weighted by Crippen LogP contribution is 2.30.